The Labute approximate surface area is 118 Å². The van der Waals surface area contributed by atoms with Crippen LogP contribution in [0, 0.1) is 0 Å². The van der Waals surface area contributed by atoms with Crippen molar-refractivity contribution in [1.29, 1.82) is 0 Å². The Hall–Kier alpha value is -1.66. The highest BCUT2D eigenvalue weighted by molar-refractivity contribution is 5.99. The summed E-state index contributed by atoms with van der Waals surface area (Å²) in [5, 5.41) is 0. The van der Waals surface area contributed by atoms with Crippen LogP contribution in [0.25, 0.3) is 0 Å². The van der Waals surface area contributed by atoms with E-state index in [1.54, 1.807) is 11.1 Å². The topological polar surface area (TPSA) is 71.7 Å². The molecule has 0 bridgehead atoms. The molecule has 6 heteroatoms. The average Bonchev–Trinajstić information content (AvgIpc) is 2.96. The average molecular weight is 276 g/mol. The van der Waals surface area contributed by atoms with E-state index in [0.29, 0.717) is 13.1 Å². The summed E-state index contributed by atoms with van der Waals surface area (Å²) in [5.41, 5.74) is 6.47. The fourth-order valence-corrected chi connectivity index (χ4v) is 2.83. The van der Waals surface area contributed by atoms with Crippen molar-refractivity contribution in [2.45, 2.75) is 25.0 Å². The molecule has 2 aliphatic rings. The second kappa shape index (κ2) is 5.38. The molecule has 2 atom stereocenters. The molecule has 1 aromatic rings. The molecule has 2 N–H and O–H groups in total. The van der Waals surface area contributed by atoms with Gasteiger partial charge in [-0.25, -0.2) is 4.98 Å². The van der Waals surface area contributed by atoms with Crippen molar-refractivity contribution in [3.8, 4) is 0 Å². The molecular weight excluding hydrogens is 256 g/mol. The first kappa shape index (κ1) is 13.3. The first-order chi connectivity index (χ1) is 9.70. The Morgan fingerprint density at radius 2 is 2.35 bits per heavy atom. The SMILES string of the molecule is CN1CCN(C(=O)[C@@H]2CC[C@H](CN)O2)c2cccnc21. The van der Waals surface area contributed by atoms with Gasteiger partial charge in [0, 0.05) is 32.9 Å². The second-order valence-electron chi connectivity index (χ2n) is 5.32. The van der Waals surface area contributed by atoms with Gasteiger partial charge in [0.15, 0.2) is 5.82 Å². The molecule has 1 aromatic heterocycles. The van der Waals surface area contributed by atoms with Crippen molar-refractivity contribution in [1.82, 2.24) is 4.98 Å². The molecule has 0 aliphatic carbocycles. The largest absolute Gasteiger partial charge is 0.364 e. The van der Waals surface area contributed by atoms with E-state index in [4.69, 9.17) is 10.5 Å². The highest BCUT2D eigenvalue weighted by atomic mass is 16.5. The lowest BCUT2D eigenvalue weighted by atomic mass is 10.1. The van der Waals surface area contributed by atoms with E-state index < -0.39 is 0 Å². The summed E-state index contributed by atoms with van der Waals surface area (Å²) in [5.74, 6) is 0.878. The van der Waals surface area contributed by atoms with E-state index in [9.17, 15) is 4.79 Å². The number of carbonyl (C=O) groups excluding carboxylic acids is 1. The molecule has 3 rings (SSSR count). The second-order valence-corrected chi connectivity index (χ2v) is 5.32. The van der Waals surface area contributed by atoms with Crippen LogP contribution >= 0.6 is 0 Å². The summed E-state index contributed by atoms with van der Waals surface area (Å²) < 4.78 is 5.72. The number of nitrogens with zero attached hydrogens (tertiary/aromatic N) is 3. The molecule has 1 amide bonds. The number of fused-ring (bicyclic) bond motifs is 1. The number of likely N-dealkylation sites (N-methyl/N-ethyl adjacent to an activating group) is 1. The number of hydrogen-bond donors (Lipinski definition) is 1. The Bertz CT molecular complexity index is 508. The number of anilines is 2. The molecule has 108 valence electrons. The summed E-state index contributed by atoms with van der Waals surface area (Å²) >= 11 is 0. The predicted molar refractivity (Wildman–Crippen MR) is 76.8 cm³/mol. The van der Waals surface area contributed by atoms with Crippen molar-refractivity contribution in [3.63, 3.8) is 0 Å². The van der Waals surface area contributed by atoms with E-state index in [0.717, 1.165) is 30.9 Å². The fraction of sp³-hybridized carbons (Fsp3) is 0.571. The van der Waals surface area contributed by atoms with Gasteiger partial charge in [-0.05, 0) is 25.0 Å². The van der Waals surface area contributed by atoms with Gasteiger partial charge in [0.1, 0.15) is 6.10 Å². The van der Waals surface area contributed by atoms with Crippen LogP contribution in [0.15, 0.2) is 18.3 Å². The zero-order valence-corrected chi connectivity index (χ0v) is 11.7. The lowest BCUT2D eigenvalue weighted by molar-refractivity contribution is -0.129. The van der Waals surface area contributed by atoms with Crippen LogP contribution in [0.3, 0.4) is 0 Å². The normalized spacial score (nSPS) is 25.7. The molecule has 0 saturated carbocycles. The highest BCUT2D eigenvalue weighted by Crippen LogP contribution is 2.31. The molecule has 1 saturated heterocycles. The van der Waals surface area contributed by atoms with Crippen molar-refractivity contribution in [2.24, 2.45) is 5.73 Å². The summed E-state index contributed by atoms with van der Waals surface area (Å²) in [4.78, 5) is 20.9. The van der Waals surface area contributed by atoms with Gasteiger partial charge in [-0.2, -0.15) is 0 Å². The van der Waals surface area contributed by atoms with Crippen LogP contribution in [0.2, 0.25) is 0 Å². The van der Waals surface area contributed by atoms with Crippen LogP contribution in [0.4, 0.5) is 11.5 Å². The molecule has 1 fully saturated rings. The number of aromatic nitrogens is 1. The van der Waals surface area contributed by atoms with E-state index in [1.165, 1.54) is 0 Å². The van der Waals surface area contributed by atoms with Crippen molar-refractivity contribution < 1.29 is 9.53 Å². The number of nitrogens with two attached hydrogens (primary N) is 1. The van der Waals surface area contributed by atoms with Crippen LogP contribution in [-0.2, 0) is 9.53 Å². The Morgan fingerprint density at radius 3 is 3.10 bits per heavy atom. The maximum absolute atomic E-state index is 12.6. The van der Waals surface area contributed by atoms with Crippen molar-refractivity contribution in [3.05, 3.63) is 18.3 Å². The van der Waals surface area contributed by atoms with Gasteiger partial charge in [-0.1, -0.05) is 0 Å². The lowest BCUT2D eigenvalue weighted by Gasteiger charge is -2.35. The zero-order valence-electron chi connectivity index (χ0n) is 11.7. The lowest BCUT2D eigenvalue weighted by Crippen LogP contribution is -2.47. The minimum absolute atomic E-state index is 0.0183. The summed E-state index contributed by atoms with van der Waals surface area (Å²) in [6.07, 6.45) is 3.02. The number of pyridine rings is 1. The van der Waals surface area contributed by atoms with Gasteiger partial charge in [-0.15, -0.1) is 0 Å². The predicted octanol–water partition coefficient (Wildman–Crippen LogP) is 0.371. The molecule has 3 heterocycles. The highest BCUT2D eigenvalue weighted by Gasteiger charge is 2.35. The molecule has 0 spiro atoms. The Kier molecular flexibility index (Phi) is 3.58. The van der Waals surface area contributed by atoms with Crippen molar-refractivity contribution in [2.75, 3.05) is 36.5 Å². The van der Waals surface area contributed by atoms with E-state index >= 15 is 0 Å². The standard InChI is InChI=1S/C14H20N4O2/c1-17-7-8-18(11-3-2-6-16-13(11)17)14(19)12-5-4-10(9-15)20-12/h2-3,6,10,12H,4-5,7-9,15H2,1H3/t10-,12+/m1/s1. The summed E-state index contributed by atoms with van der Waals surface area (Å²) in [6.45, 7) is 1.93. The summed E-state index contributed by atoms with van der Waals surface area (Å²) in [7, 11) is 1.99. The number of carbonyl (C=O) groups is 1. The van der Waals surface area contributed by atoms with Gasteiger partial charge in [0.2, 0.25) is 0 Å². The maximum atomic E-state index is 12.6. The van der Waals surface area contributed by atoms with Gasteiger partial charge >= 0.3 is 0 Å². The third kappa shape index (κ3) is 2.25. The van der Waals surface area contributed by atoms with Gasteiger partial charge in [0.05, 0.1) is 11.8 Å². The third-order valence-electron chi connectivity index (χ3n) is 3.99. The van der Waals surface area contributed by atoms with E-state index in [1.807, 2.05) is 19.2 Å². The molecule has 0 radical (unpaired) electrons. The first-order valence-corrected chi connectivity index (χ1v) is 7.03. The van der Waals surface area contributed by atoms with Gasteiger partial charge < -0.3 is 20.3 Å². The molecular formula is C14H20N4O2. The van der Waals surface area contributed by atoms with Crippen LogP contribution in [-0.4, -0.2) is 49.8 Å². The van der Waals surface area contributed by atoms with E-state index in [2.05, 4.69) is 9.88 Å². The minimum Gasteiger partial charge on any atom is -0.364 e. The Morgan fingerprint density at radius 1 is 1.50 bits per heavy atom. The van der Waals surface area contributed by atoms with Gasteiger partial charge in [0.25, 0.3) is 5.91 Å². The first-order valence-electron chi connectivity index (χ1n) is 7.03. The molecule has 0 unspecified atom stereocenters. The number of hydrogen-bond acceptors (Lipinski definition) is 5. The zero-order chi connectivity index (χ0) is 14.1. The monoisotopic (exact) mass is 276 g/mol. The quantitative estimate of drug-likeness (QED) is 0.845. The molecule has 20 heavy (non-hydrogen) atoms. The third-order valence-corrected chi connectivity index (χ3v) is 3.99. The van der Waals surface area contributed by atoms with E-state index in [-0.39, 0.29) is 18.1 Å². The molecule has 6 nitrogen and oxygen atoms in total. The fourth-order valence-electron chi connectivity index (χ4n) is 2.83. The summed E-state index contributed by atoms with van der Waals surface area (Å²) in [6, 6.07) is 3.79. The van der Waals surface area contributed by atoms with Crippen LogP contribution in [0.1, 0.15) is 12.8 Å². The molecule has 2 aliphatic heterocycles. The number of amides is 1. The van der Waals surface area contributed by atoms with Gasteiger partial charge in [-0.3, -0.25) is 4.79 Å². The van der Waals surface area contributed by atoms with Crippen molar-refractivity contribution >= 4 is 17.4 Å². The number of rotatable bonds is 2. The molecule has 0 aromatic carbocycles. The Balaban J connectivity index is 1.81. The van der Waals surface area contributed by atoms with Crippen LogP contribution in [0.5, 0.6) is 0 Å². The smallest absolute Gasteiger partial charge is 0.256 e. The van der Waals surface area contributed by atoms with Crippen LogP contribution < -0.4 is 15.5 Å². The number of ether oxygens (including phenoxy) is 1. The maximum Gasteiger partial charge on any atom is 0.256 e. The minimum atomic E-state index is -0.361.